The second-order valence-corrected chi connectivity index (χ2v) is 5.20. The van der Waals surface area contributed by atoms with E-state index in [1.54, 1.807) is 6.20 Å². The summed E-state index contributed by atoms with van der Waals surface area (Å²) >= 11 is 0. The molecule has 2 heterocycles. The summed E-state index contributed by atoms with van der Waals surface area (Å²) in [6.45, 7) is -0.599. The average Bonchev–Trinajstić information content (AvgIpc) is 2.92. The molecule has 3 rings (SSSR count). The lowest BCUT2D eigenvalue weighted by Gasteiger charge is -2.14. The molecule has 6 nitrogen and oxygen atoms in total. The number of aromatic nitrogens is 2. The van der Waals surface area contributed by atoms with Crippen molar-refractivity contribution < 1.29 is 20.1 Å². The molecule has 0 amide bonds. The topological polar surface area (TPSA) is 106 Å². The van der Waals surface area contributed by atoms with Crippen molar-refractivity contribution in [3.05, 3.63) is 42.2 Å². The van der Waals surface area contributed by atoms with E-state index in [0.29, 0.717) is 5.52 Å². The van der Waals surface area contributed by atoms with Crippen molar-refractivity contribution in [1.29, 1.82) is 0 Å². The standard InChI is InChI=1S/C16H16N2O4/c19-8-14(22)12(20)7-13(21)16-15-10(5-6-17-16)9-3-1-2-4-11(9)18-15/h1-6,12,14,18-20,22H,7-8H2/t12-,14+/m0/s1. The molecule has 0 saturated heterocycles. The lowest BCUT2D eigenvalue weighted by molar-refractivity contribution is -0.0147. The molecule has 6 heteroatoms. The van der Waals surface area contributed by atoms with Crippen LogP contribution < -0.4 is 0 Å². The minimum Gasteiger partial charge on any atom is -0.394 e. The molecule has 4 N–H and O–H groups in total. The maximum atomic E-state index is 12.3. The zero-order valence-corrected chi connectivity index (χ0v) is 11.7. The van der Waals surface area contributed by atoms with E-state index in [1.165, 1.54) is 0 Å². The third-order valence-electron chi connectivity index (χ3n) is 3.72. The van der Waals surface area contributed by atoms with Crippen LogP contribution in [0.25, 0.3) is 21.8 Å². The highest BCUT2D eigenvalue weighted by Crippen LogP contribution is 2.27. The second kappa shape index (κ2) is 5.84. The number of para-hydroxylation sites is 1. The first-order valence-electron chi connectivity index (χ1n) is 6.97. The van der Waals surface area contributed by atoms with Crippen LogP contribution in [-0.2, 0) is 0 Å². The van der Waals surface area contributed by atoms with Gasteiger partial charge in [-0.1, -0.05) is 18.2 Å². The van der Waals surface area contributed by atoms with Crippen molar-refractivity contribution in [3.8, 4) is 0 Å². The fraction of sp³-hybridized carbons (Fsp3) is 0.250. The van der Waals surface area contributed by atoms with E-state index in [4.69, 9.17) is 5.11 Å². The molecule has 2 aromatic heterocycles. The molecule has 0 bridgehead atoms. The largest absolute Gasteiger partial charge is 0.394 e. The van der Waals surface area contributed by atoms with Gasteiger partial charge in [0.25, 0.3) is 0 Å². The van der Waals surface area contributed by atoms with Crippen molar-refractivity contribution in [2.24, 2.45) is 0 Å². The predicted molar refractivity (Wildman–Crippen MR) is 81.6 cm³/mol. The number of nitrogens with zero attached hydrogens (tertiary/aromatic N) is 1. The van der Waals surface area contributed by atoms with Gasteiger partial charge in [-0.2, -0.15) is 0 Å². The van der Waals surface area contributed by atoms with Crippen LogP contribution in [0.4, 0.5) is 0 Å². The van der Waals surface area contributed by atoms with Gasteiger partial charge in [0.1, 0.15) is 11.8 Å². The average molecular weight is 300 g/mol. The molecule has 0 aliphatic rings. The van der Waals surface area contributed by atoms with Gasteiger partial charge in [0.05, 0.1) is 18.2 Å². The van der Waals surface area contributed by atoms with Gasteiger partial charge >= 0.3 is 0 Å². The van der Waals surface area contributed by atoms with E-state index in [9.17, 15) is 15.0 Å². The summed E-state index contributed by atoms with van der Waals surface area (Å²) in [5.41, 5.74) is 1.73. The normalized spacial score (nSPS) is 14.3. The maximum Gasteiger partial charge on any atom is 0.186 e. The Hall–Kier alpha value is -2.28. The van der Waals surface area contributed by atoms with E-state index in [2.05, 4.69) is 9.97 Å². The van der Waals surface area contributed by atoms with E-state index in [0.717, 1.165) is 16.3 Å². The highest BCUT2D eigenvalue weighted by molar-refractivity contribution is 6.14. The van der Waals surface area contributed by atoms with E-state index >= 15 is 0 Å². The predicted octanol–water partition coefficient (Wildman–Crippen LogP) is 1.00. The summed E-state index contributed by atoms with van der Waals surface area (Å²) in [6.07, 6.45) is -1.42. The molecule has 0 saturated carbocycles. The number of hydrogen-bond acceptors (Lipinski definition) is 5. The Morgan fingerprint density at radius 3 is 2.68 bits per heavy atom. The summed E-state index contributed by atoms with van der Waals surface area (Å²) < 4.78 is 0. The molecule has 0 spiro atoms. The van der Waals surface area contributed by atoms with Crippen LogP contribution in [0.15, 0.2) is 36.5 Å². The molecular formula is C16H16N2O4. The molecule has 3 aromatic rings. The number of Topliss-reactive ketones (excluding diaryl/α,β-unsaturated/α-hetero) is 1. The Balaban J connectivity index is 2.02. The van der Waals surface area contributed by atoms with Crippen LogP contribution >= 0.6 is 0 Å². The molecule has 0 fully saturated rings. The number of fused-ring (bicyclic) bond motifs is 3. The summed E-state index contributed by atoms with van der Waals surface area (Å²) in [6, 6.07) is 9.50. The van der Waals surface area contributed by atoms with E-state index < -0.39 is 24.6 Å². The molecule has 0 aliphatic carbocycles. The number of aliphatic hydroxyl groups excluding tert-OH is 3. The van der Waals surface area contributed by atoms with E-state index in [1.807, 2.05) is 30.3 Å². The summed E-state index contributed by atoms with van der Waals surface area (Å²) in [7, 11) is 0. The Labute approximate surface area is 126 Å². The third-order valence-corrected chi connectivity index (χ3v) is 3.72. The molecule has 2 atom stereocenters. The van der Waals surface area contributed by atoms with Gasteiger partial charge in [0.15, 0.2) is 5.78 Å². The Bertz CT molecular complexity index is 827. The third kappa shape index (κ3) is 2.48. The van der Waals surface area contributed by atoms with Gasteiger partial charge in [-0.3, -0.25) is 9.78 Å². The minimum absolute atomic E-state index is 0.220. The maximum absolute atomic E-state index is 12.3. The number of ketones is 1. The first kappa shape index (κ1) is 14.6. The fourth-order valence-electron chi connectivity index (χ4n) is 2.53. The number of carbonyl (C=O) groups excluding carboxylic acids is 1. The first-order valence-corrected chi connectivity index (χ1v) is 6.97. The SMILES string of the molecule is O=C(C[C@H](O)[C@H](O)CO)c1nccc2c1[nH]c1ccccc12. The van der Waals surface area contributed by atoms with Gasteiger partial charge < -0.3 is 20.3 Å². The molecule has 0 unspecified atom stereocenters. The van der Waals surface area contributed by atoms with Crippen molar-refractivity contribution in [3.63, 3.8) is 0 Å². The summed E-state index contributed by atoms with van der Waals surface area (Å²) in [5, 5.41) is 29.7. The zero-order chi connectivity index (χ0) is 15.7. The molecule has 22 heavy (non-hydrogen) atoms. The number of hydrogen-bond donors (Lipinski definition) is 4. The summed E-state index contributed by atoms with van der Waals surface area (Å²) in [4.78, 5) is 19.6. The highest BCUT2D eigenvalue weighted by Gasteiger charge is 2.22. The molecule has 0 aliphatic heterocycles. The van der Waals surface area contributed by atoms with Crippen LogP contribution in [0, 0.1) is 0 Å². The van der Waals surface area contributed by atoms with Crippen LogP contribution in [-0.4, -0.2) is 49.9 Å². The molecule has 1 aromatic carbocycles. The fourth-order valence-corrected chi connectivity index (χ4v) is 2.53. The van der Waals surface area contributed by atoms with Gasteiger partial charge in [-0.25, -0.2) is 0 Å². The van der Waals surface area contributed by atoms with Crippen LogP contribution in [0.1, 0.15) is 16.9 Å². The monoisotopic (exact) mass is 300 g/mol. The quantitative estimate of drug-likeness (QED) is 0.526. The lowest BCUT2D eigenvalue weighted by atomic mass is 10.0. The van der Waals surface area contributed by atoms with Crippen LogP contribution in [0.5, 0.6) is 0 Å². The number of pyridine rings is 1. The van der Waals surface area contributed by atoms with Gasteiger partial charge in [-0.05, 0) is 12.1 Å². The number of rotatable bonds is 5. The van der Waals surface area contributed by atoms with Crippen molar-refractivity contribution >= 4 is 27.6 Å². The van der Waals surface area contributed by atoms with Crippen LogP contribution in [0.3, 0.4) is 0 Å². The van der Waals surface area contributed by atoms with Crippen molar-refractivity contribution in [1.82, 2.24) is 9.97 Å². The minimum atomic E-state index is -1.34. The number of aliphatic hydroxyl groups is 3. The van der Waals surface area contributed by atoms with Gasteiger partial charge in [-0.15, -0.1) is 0 Å². The van der Waals surface area contributed by atoms with E-state index in [-0.39, 0.29) is 12.1 Å². The van der Waals surface area contributed by atoms with Crippen molar-refractivity contribution in [2.75, 3.05) is 6.61 Å². The number of carbonyl (C=O) groups is 1. The van der Waals surface area contributed by atoms with Gasteiger partial charge in [0.2, 0.25) is 0 Å². The van der Waals surface area contributed by atoms with Crippen LogP contribution in [0.2, 0.25) is 0 Å². The second-order valence-electron chi connectivity index (χ2n) is 5.20. The zero-order valence-electron chi connectivity index (χ0n) is 11.7. The lowest BCUT2D eigenvalue weighted by Crippen LogP contribution is -2.31. The smallest absolute Gasteiger partial charge is 0.186 e. The Morgan fingerprint density at radius 1 is 1.14 bits per heavy atom. The first-order chi connectivity index (χ1) is 10.6. The Kier molecular flexibility index (Phi) is 3.89. The highest BCUT2D eigenvalue weighted by atomic mass is 16.4. The molecule has 114 valence electrons. The van der Waals surface area contributed by atoms with Gasteiger partial charge in [0, 0.05) is 28.9 Å². The summed E-state index contributed by atoms with van der Waals surface area (Å²) in [5.74, 6) is -0.392. The Morgan fingerprint density at radius 2 is 1.91 bits per heavy atom. The van der Waals surface area contributed by atoms with Crippen molar-refractivity contribution in [2.45, 2.75) is 18.6 Å². The number of H-pyrrole nitrogens is 1. The molecular weight excluding hydrogens is 284 g/mol. The number of benzene rings is 1. The number of nitrogens with one attached hydrogen (secondary N) is 1. The molecule has 0 radical (unpaired) electrons. The number of aromatic amines is 1.